The molecule has 0 radical (unpaired) electrons. The Hall–Kier alpha value is -2.08. The number of likely N-dealkylation sites (N-methyl/N-ethyl adjacent to an activating group) is 1. The van der Waals surface area contributed by atoms with E-state index < -0.39 is 17.4 Å². The van der Waals surface area contributed by atoms with E-state index in [2.05, 4.69) is 5.32 Å². The monoisotopic (exact) mass is 312 g/mol. The summed E-state index contributed by atoms with van der Waals surface area (Å²) in [6.07, 6.45) is 0. The lowest BCUT2D eigenvalue weighted by molar-refractivity contribution is -0.147. The number of hydrogen-bond donors (Lipinski definition) is 2. The van der Waals surface area contributed by atoms with Gasteiger partial charge in [0.15, 0.2) is 0 Å². The van der Waals surface area contributed by atoms with Gasteiger partial charge in [0.25, 0.3) is 5.91 Å². The minimum absolute atomic E-state index is 0.125. The number of amides is 2. The molecule has 0 aliphatic carbocycles. The average molecular weight is 313 g/mol. The van der Waals surface area contributed by atoms with Gasteiger partial charge in [0, 0.05) is 19.7 Å². The molecular weight excluding hydrogens is 296 g/mol. The molecule has 0 saturated carbocycles. The van der Waals surface area contributed by atoms with Crippen LogP contribution in [0.2, 0.25) is 5.02 Å². The fourth-order valence-electron chi connectivity index (χ4n) is 1.55. The third-order valence-electron chi connectivity index (χ3n) is 3.18. The van der Waals surface area contributed by atoms with Gasteiger partial charge < -0.3 is 15.3 Å². The quantitative estimate of drug-likeness (QED) is 0.892. The van der Waals surface area contributed by atoms with Crippen molar-refractivity contribution in [1.29, 1.82) is 0 Å². The lowest BCUT2D eigenvalue weighted by atomic mass is 10.0. The maximum Gasteiger partial charge on any atom is 0.329 e. The number of nitrogens with zero attached hydrogens (tertiary/aromatic N) is 1. The van der Waals surface area contributed by atoms with Crippen LogP contribution in [0.25, 0.3) is 0 Å². The molecule has 0 atom stereocenters. The van der Waals surface area contributed by atoms with E-state index in [0.717, 1.165) is 4.90 Å². The Kier molecular flexibility index (Phi) is 4.96. The highest BCUT2D eigenvalue weighted by atomic mass is 35.5. The van der Waals surface area contributed by atoms with Crippen molar-refractivity contribution in [2.24, 2.45) is 0 Å². The molecule has 2 amide bonds. The van der Waals surface area contributed by atoms with Gasteiger partial charge in [0.2, 0.25) is 5.91 Å². The summed E-state index contributed by atoms with van der Waals surface area (Å²) in [5, 5.41) is 11.9. The first-order valence-electron chi connectivity index (χ1n) is 6.16. The molecule has 0 unspecified atom stereocenters. The Balaban J connectivity index is 3.17. The molecule has 7 heteroatoms. The number of carbonyl (C=O) groups is 3. The zero-order chi connectivity index (χ0) is 16.4. The third-order valence-corrected chi connectivity index (χ3v) is 3.51. The van der Waals surface area contributed by atoms with Crippen molar-refractivity contribution < 1.29 is 19.5 Å². The Labute approximate surface area is 127 Å². The molecule has 2 N–H and O–H groups in total. The Morgan fingerprint density at radius 2 is 1.86 bits per heavy atom. The molecule has 0 spiro atoms. The van der Waals surface area contributed by atoms with E-state index in [0.29, 0.717) is 5.69 Å². The minimum atomic E-state index is -1.38. The molecule has 0 saturated heterocycles. The average Bonchev–Trinajstić information content (AvgIpc) is 2.38. The normalized spacial score (nSPS) is 10.9. The van der Waals surface area contributed by atoms with E-state index in [9.17, 15) is 14.4 Å². The van der Waals surface area contributed by atoms with Crippen LogP contribution >= 0.6 is 11.6 Å². The number of carboxylic acid groups (broad SMARTS) is 1. The van der Waals surface area contributed by atoms with Crippen molar-refractivity contribution in [3.05, 3.63) is 28.8 Å². The molecule has 0 heterocycles. The van der Waals surface area contributed by atoms with Crippen molar-refractivity contribution in [3.8, 4) is 0 Å². The number of carboxylic acids is 1. The predicted molar refractivity (Wildman–Crippen MR) is 79.6 cm³/mol. The van der Waals surface area contributed by atoms with Crippen LogP contribution in [-0.2, 0) is 9.59 Å². The summed E-state index contributed by atoms with van der Waals surface area (Å²) in [5.74, 6) is -1.96. The van der Waals surface area contributed by atoms with Gasteiger partial charge in [-0.2, -0.15) is 0 Å². The van der Waals surface area contributed by atoms with Gasteiger partial charge in [-0.3, -0.25) is 9.59 Å². The second kappa shape index (κ2) is 6.13. The number of nitrogens with one attached hydrogen (secondary N) is 1. The number of anilines is 1. The van der Waals surface area contributed by atoms with E-state index in [-0.39, 0.29) is 16.5 Å². The molecule has 1 rings (SSSR count). The molecule has 114 valence electrons. The fourth-order valence-corrected chi connectivity index (χ4v) is 1.75. The van der Waals surface area contributed by atoms with Crippen LogP contribution in [0, 0.1) is 0 Å². The predicted octanol–water partition coefficient (Wildman–Crippen LogP) is 2.23. The molecule has 0 aliphatic rings. The van der Waals surface area contributed by atoms with Crippen molar-refractivity contribution in [2.75, 3.05) is 12.4 Å². The lowest BCUT2D eigenvalue weighted by Gasteiger charge is -2.31. The van der Waals surface area contributed by atoms with Crippen molar-refractivity contribution in [2.45, 2.75) is 26.3 Å². The first-order valence-corrected chi connectivity index (χ1v) is 6.54. The minimum Gasteiger partial charge on any atom is -0.480 e. The molecule has 0 aromatic heterocycles. The summed E-state index contributed by atoms with van der Waals surface area (Å²) in [4.78, 5) is 35.8. The van der Waals surface area contributed by atoms with Crippen LogP contribution in [0.15, 0.2) is 18.2 Å². The van der Waals surface area contributed by atoms with Crippen molar-refractivity contribution in [1.82, 2.24) is 4.90 Å². The number of hydrogen-bond acceptors (Lipinski definition) is 3. The topological polar surface area (TPSA) is 86.7 Å². The zero-order valence-electron chi connectivity index (χ0n) is 12.2. The maximum absolute atomic E-state index is 12.4. The van der Waals surface area contributed by atoms with Crippen LogP contribution in [0.3, 0.4) is 0 Å². The standard InChI is InChI=1S/C14H17ClN2O4/c1-8(18)16-9-5-6-11(15)10(7-9)12(19)17(4)14(2,3)13(20)21/h5-7H,1-4H3,(H,16,18)(H,20,21). The fraction of sp³-hybridized carbons (Fsp3) is 0.357. The zero-order valence-corrected chi connectivity index (χ0v) is 13.0. The van der Waals surface area contributed by atoms with Gasteiger partial charge in [-0.1, -0.05) is 11.6 Å². The van der Waals surface area contributed by atoms with Gasteiger partial charge >= 0.3 is 5.97 Å². The smallest absolute Gasteiger partial charge is 0.329 e. The van der Waals surface area contributed by atoms with Gasteiger partial charge in [-0.15, -0.1) is 0 Å². The summed E-state index contributed by atoms with van der Waals surface area (Å²) < 4.78 is 0. The number of aliphatic carboxylic acids is 1. The molecule has 1 aromatic carbocycles. The second-order valence-corrected chi connectivity index (χ2v) is 5.51. The SMILES string of the molecule is CC(=O)Nc1ccc(Cl)c(C(=O)N(C)C(C)(C)C(=O)O)c1. The van der Waals surface area contributed by atoms with Crippen molar-refractivity contribution in [3.63, 3.8) is 0 Å². The van der Waals surface area contributed by atoms with Crippen molar-refractivity contribution >= 4 is 35.1 Å². The van der Waals surface area contributed by atoms with Gasteiger partial charge in [-0.05, 0) is 32.0 Å². The first kappa shape index (κ1) is 17.0. The Morgan fingerprint density at radius 3 is 2.33 bits per heavy atom. The molecule has 0 bridgehead atoms. The third kappa shape index (κ3) is 3.72. The largest absolute Gasteiger partial charge is 0.480 e. The molecule has 0 aliphatic heterocycles. The van der Waals surface area contributed by atoms with Gasteiger partial charge in [-0.25, -0.2) is 4.79 Å². The van der Waals surface area contributed by atoms with Crippen LogP contribution in [-0.4, -0.2) is 40.4 Å². The summed E-state index contributed by atoms with van der Waals surface area (Å²) in [5.41, 5.74) is -0.846. The highest BCUT2D eigenvalue weighted by molar-refractivity contribution is 6.34. The molecule has 1 aromatic rings. The van der Waals surface area contributed by atoms with Gasteiger partial charge in [0.1, 0.15) is 5.54 Å². The number of benzene rings is 1. The highest BCUT2D eigenvalue weighted by Gasteiger charge is 2.36. The Bertz CT molecular complexity index is 599. The second-order valence-electron chi connectivity index (χ2n) is 5.10. The molecule has 6 nitrogen and oxygen atoms in total. The van der Waals surface area contributed by atoms with E-state index in [1.165, 1.54) is 40.0 Å². The number of rotatable bonds is 4. The van der Waals surface area contributed by atoms with E-state index in [4.69, 9.17) is 16.7 Å². The summed E-state index contributed by atoms with van der Waals surface area (Å²) in [6.45, 7) is 4.17. The maximum atomic E-state index is 12.4. The van der Waals surface area contributed by atoms with Crippen LogP contribution in [0.1, 0.15) is 31.1 Å². The van der Waals surface area contributed by atoms with Crippen LogP contribution in [0.4, 0.5) is 5.69 Å². The number of halogens is 1. The molecule has 0 fully saturated rings. The van der Waals surface area contributed by atoms with Gasteiger partial charge in [0.05, 0.1) is 10.6 Å². The summed E-state index contributed by atoms with van der Waals surface area (Å²) in [6, 6.07) is 4.45. The van der Waals surface area contributed by atoms with E-state index in [1.807, 2.05) is 0 Å². The van der Waals surface area contributed by atoms with Crippen LogP contribution < -0.4 is 5.32 Å². The molecule has 21 heavy (non-hydrogen) atoms. The summed E-state index contributed by atoms with van der Waals surface area (Å²) >= 11 is 5.99. The van der Waals surface area contributed by atoms with E-state index >= 15 is 0 Å². The van der Waals surface area contributed by atoms with Crippen LogP contribution in [0.5, 0.6) is 0 Å². The lowest BCUT2D eigenvalue weighted by Crippen LogP contribution is -2.50. The first-order chi connectivity index (χ1) is 9.57. The summed E-state index contributed by atoms with van der Waals surface area (Å²) in [7, 11) is 1.39. The Morgan fingerprint density at radius 1 is 1.29 bits per heavy atom. The highest BCUT2D eigenvalue weighted by Crippen LogP contribution is 2.24. The molecular formula is C14H17ClN2O4. The number of carbonyl (C=O) groups excluding carboxylic acids is 2. The van der Waals surface area contributed by atoms with E-state index in [1.54, 1.807) is 6.07 Å².